The number of barbiturate groups is 1. The molecule has 3 fully saturated rings. The second-order valence-corrected chi connectivity index (χ2v) is 7.57. The van der Waals surface area contributed by atoms with Gasteiger partial charge in [0.15, 0.2) is 0 Å². The number of carbonyl (C=O) groups is 3. The predicted octanol–water partition coefficient (Wildman–Crippen LogP) is 3.90. The lowest BCUT2D eigenvalue weighted by atomic mass is 9.76. The van der Waals surface area contributed by atoms with Crippen LogP contribution in [0.15, 0.2) is 23.3 Å². The van der Waals surface area contributed by atoms with Crippen molar-refractivity contribution in [2.24, 2.45) is 5.41 Å². The zero-order valence-corrected chi connectivity index (χ0v) is 14.9. The van der Waals surface area contributed by atoms with E-state index in [4.69, 9.17) is 0 Å². The van der Waals surface area contributed by atoms with E-state index in [-0.39, 0.29) is 0 Å². The standard InChI is InChI=1S/C20H28N2O3/c23-17-20(18(24)22-19(25)21-17,13-11-15-7-3-1-4-8-15)14-12-16-9-5-2-6-10-16/h11-12H,1-10,13-14H2,(H2,21,22,23,24,25). The number of rotatable bonds is 4. The molecule has 2 N–H and O–H groups in total. The molecule has 3 aliphatic rings. The van der Waals surface area contributed by atoms with Crippen molar-refractivity contribution in [1.82, 2.24) is 10.6 Å². The Balaban J connectivity index is 1.80. The van der Waals surface area contributed by atoms with Crippen molar-refractivity contribution in [1.29, 1.82) is 0 Å². The van der Waals surface area contributed by atoms with Gasteiger partial charge in [-0.25, -0.2) is 4.79 Å². The first-order valence-electron chi connectivity index (χ1n) is 9.63. The SMILES string of the molecule is O=C1NC(=O)C(CC=C2CCCCC2)(CC=C2CCCCC2)C(=O)N1. The van der Waals surface area contributed by atoms with Crippen LogP contribution in [0.4, 0.5) is 4.79 Å². The summed E-state index contributed by atoms with van der Waals surface area (Å²) in [4.78, 5) is 36.8. The van der Waals surface area contributed by atoms with E-state index in [1.165, 1.54) is 49.7 Å². The molecule has 1 heterocycles. The van der Waals surface area contributed by atoms with E-state index in [0.717, 1.165) is 25.7 Å². The van der Waals surface area contributed by atoms with Crippen LogP contribution in [0, 0.1) is 5.41 Å². The Kier molecular flexibility index (Phi) is 5.71. The summed E-state index contributed by atoms with van der Waals surface area (Å²) in [6.07, 6.45) is 16.3. The van der Waals surface area contributed by atoms with Crippen molar-refractivity contribution >= 4 is 17.8 Å². The van der Waals surface area contributed by atoms with Crippen molar-refractivity contribution < 1.29 is 14.4 Å². The first-order valence-corrected chi connectivity index (χ1v) is 9.63. The van der Waals surface area contributed by atoms with Gasteiger partial charge in [-0.05, 0) is 64.2 Å². The second kappa shape index (κ2) is 7.98. The number of hydrogen-bond acceptors (Lipinski definition) is 3. The largest absolute Gasteiger partial charge is 0.328 e. The third-order valence-electron chi connectivity index (χ3n) is 5.79. The van der Waals surface area contributed by atoms with Gasteiger partial charge < -0.3 is 0 Å². The lowest BCUT2D eigenvalue weighted by molar-refractivity contribution is -0.144. The summed E-state index contributed by atoms with van der Waals surface area (Å²) in [5.41, 5.74) is 1.49. The Bertz CT molecular complexity index is 550. The molecule has 1 aliphatic heterocycles. The van der Waals surface area contributed by atoms with Crippen LogP contribution in [0.1, 0.15) is 77.0 Å². The molecule has 0 atom stereocenters. The Morgan fingerprint density at radius 3 is 1.48 bits per heavy atom. The zero-order chi connectivity index (χ0) is 17.7. The maximum atomic E-state index is 12.6. The molecule has 1 saturated heterocycles. The second-order valence-electron chi connectivity index (χ2n) is 7.57. The van der Waals surface area contributed by atoms with Crippen LogP contribution in [-0.4, -0.2) is 17.8 Å². The molecule has 0 radical (unpaired) electrons. The average molecular weight is 344 g/mol. The van der Waals surface area contributed by atoms with Gasteiger partial charge in [0.2, 0.25) is 11.8 Å². The lowest BCUT2D eigenvalue weighted by Crippen LogP contribution is -2.62. The molecule has 5 nitrogen and oxygen atoms in total. The zero-order valence-electron chi connectivity index (χ0n) is 14.9. The molecular formula is C20H28N2O3. The van der Waals surface area contributed by atoms with Gasteiger partial charge >= 0.3 is 6.03 Å². The van der Waals surface area contributed by atoms with E-state index in [1.807, 2.05) is 0 Å². The van der Waals surface area contributed by atoms with E-state index in [1.54, 1.807) is 0 Å². The molecule has 0 aromatic heterocycles. The van der Waals surface area contributed by atoms with E-state index >= 15 is 0 Å². The maximum Gasteiger partial charge on any atom is 0.328 e. The van der Waals surface area contributed by atoms with Gasteiger partial charge in [0, 0.05) is 0 Å². The average Bonchev–Trinajstić information content (AvgIpc) is 2.62. The highest BCUT2D eigenvalue weighted by atomic mass is 16.2. The number of nitrogens with one attached hydrogen (secondary N) is 2. The molecular weight excluding hydrogens is 316 g/mol. The van der Waals surface area contributed by atoms with E-state index in [0.29, 0.717) is 12.8 Å². The molecule has 2 aliphatic carbocycles. The molecule has 0 aromatic rings. The number of urea groups is 1. The third-order valence-corrected chi connectivity index (χ3v) is 5.79. The minimum atomic E-state index is -1.19. The first-order chi connectivity index (χ1) is 12.1. The molecule has 0 spiro atoms. The van der Waals surface area contributed by atoms with Gasteiger partial charge in [-0.1, -0.05) is 36.1 Å². The quantitative estimate of drug-likeness (QED) is 0.600. The number of amides is 4. The van der Waals surface area contributed by atoms with Crippen molar-refractivity contribution in [2.75, 3.05) is 0 Å². The molecule has 25 heavy (non-hydrogen) atoms. The monoisotopic (exact) mass is 344 g/mol. The van der Waals surface area contributed by atoms with Crippen LogP contribution in [0.3, 0.4) is 0 Å². The highest BCUT2D eigenvalue weighted by Gasteiger charge is 2.48. The van der Waals surface area contributed by atoms with Crippen molar-refractivity contribution in [3.8, 4) is 0 Å². The van der Waals surface area contributed by atoms with Gasteiger partial charge in [0.05, 0.1) is 0 Å². The molecule has 136 valence electrons. The first kappa shape index (κ1) is 17.9. The third kappa shape index (κ3) is 4.20. The van der Waals surface area contributed by atoms with Crippen LogP contribution < -0.4 is 10.6 Å². The van der Waals surface area contributed by atoms with Crippen LogP contribution >= 0.6 is 0 Å². The van der Waals surface area contributed by atoms with Gasteiger partial charge in [-0.2, -0.15) is 0 Å². The molecule has 5 heteroatoms. The van der Waals surface area contributed by atoms with E-state index in [9.17, 15) is 14.4 Å². The summed E-state index contributed by atoms with van der Waals surface area (Å²) in [5.74, 6) is -0.914. The van der Waals surface area contributed by atoms with Crippen LogP contribution in [0.5, 0.6) is 0 Å². The fourth-order valence-corrected chi connectivity index (χ4v) is 4.09. The van der Waals surface area contributed by atoms with Gasteiger partial charge in [-0.3, -0.25) is 20.2 Å². The number of allylic oxidation sites excluding steroid dienone is 4. The summed E-state index contributed by atoms with van der Waals surface area (Å²) in [6.45, 7) is 0. The fraction of sp³-hybridized carbons (Fsp3) is 0.650. The molecule has 0 aromatic carbocycles. The Hall–Kier alpha value is -1.91. The summed E-state index contributed by atoms with van der Waals surface area (Å²) in [5, 5.41) is 4.62. The summed E-state index contributed by atoms with van der Waals surface area (Å²) in [6, 6.07) is -0.707. The van der Waals surface area contributed by atoms with E-state index < -0.39 is 23.3 Å². The number of imide groups is 2. The smallest absolute Gasteiger partial charge is 0.277 e. The molecule has 2 saturated carbocycles. The Labute approximate surface area is 149 Å². The maximum absolute atomic E-state index is 12.6. The Morgan fingerprint density at radius 1 is 0.680 bits per heavy atom. The van der Waals surface area contributed by atoms with Crippen molar-refractivity contribution in [2.45, 2.75) is 77.0 Å². The van der Waals surface area contributed by atoms with E-state index in [2.05, 4.69) is 22.8 Å². The number of hydrogen-bond donors (Lipinski definition) is 2. The van der Waals surface area contributed by atoms with Gasteiger partial charge in [0.25, 0.3) is 0 Å². The topological polar surface area (TPSA) is 75.3 Å². The van der Waals surface area contributed by atoms with Crippen molar-refractivity contribution in [3.05, 3.63) is 23.3 Å². The van der Waals surface area contributed by atoms with Crippen LogP contribution in [-0.2, 0) is 9.59 Å². The lowest BCUT2D eigenvalue weighted by Gasteiger charge is -2.33. The van der Waals surface area contributed by atoms with Crippen LogP contribution in [0.2, 0.25) is 0 Å². The minimum absolute atomic E-state index is 0.372. The molecule has 0 unspecified atom stereocenters. The molecule has 4 amide bonds. The molecule has 0 bridgehead atoms. The fourth-order valence-electron chi connectivity index (χ4n) is 4.09. The van der Waals surface area contributed by atoms with Crippen molar-refractivity contribution in [3.63, 3.8) is 0 Å². The predicted molar refractivity (Wildman–Crippen MR) is 95.7 cm³/mol. The highest BCUT2D eigenvalue weighted by Crippen LogP contribution is 2.35. The van der Waals surface area contributed by atoms with Crippen LogP contribution in [0.25, 0.3) is 0 Å². The summed E-state index contributed by atoms with van der Waals surface area (Å²) >= 11 is 0. The Morgan fingerprint density at radius 2 is 1.08 bits per heavy atom. The summed E-state index contributed by atoms with van der Waals surface area (Å²) in [7, 11) is 0. The number of carbonyl (C=O) groups excluding carboxylic acids is 3. The summed E-state index contributed by atoms with van der Waals surface area (Å²) < 4.78 is 0. The normalized spacial score (nSPS) is 23.8. The van der Waals surface area contributed by atoms with Gasteiger partial charge in [-0.15, -0.1) is 0 Å². The van der Waals surface area contributed by atoms with Gasteiger partial charge in [0.1, 0.15) is 5.41 Å². The minimum Gasteiger partial charge on any atom is -0.277 e. The highest BCUT2D eigenvalue weighted by molar-refractivity contribution is 6.19. The molecule has 3 rings (SSSR count).